The van der Waals surface area contributed by atoms with E-state index in [1.54, 1.807) is 6.20 Å². The SMILES string of the molecule is CCC(C)(CCl)Nc1ncccc1OC(C)C. The molecule has 0 amide bonds. The molecular weight excluding hydrogens is 236 g/mol. The predicted octanol–water partition coefficient (Wildman–Crippen LogP) is 3.69. The highest BCUT2D eigenvalue weighted by Gasteiger charge is 2.22. The van der Waals surface area contributed by atoms with Crippen LogP contribution in [0.3, 0.4) is 0 Å². The van der Waals surface area contributed by atoms with Gasteiger partial charge in [-0.2, -0.15) is 0 Å². The van der Waals surface area contributed by atoms with Crippen LogP contribution in [0.4, 0.5) is 5.82 Å². The first-order valence-electron chi connectivity index (χ1n) is 5.96. The Hall–Kier alpha value is -0.960. The van der Waals surface area contributed by atoms with Gasteiger partial charge in [-0.3, -0.25) is 0 Å². The molecule has 4 heteroatoms. The molecule has 1 N–H and O–H groups in total. The summed E-state index contributed by atoms with van der Waals surface area (Å²) in [4.78, 5) is 4.32. The molecule has 0 saturated carbocycles. The van der Waals surface area contributed by atoms with Crippen LogP contribution in [0.5, 0.6) is 5.75 Å². The van der Waals surface area contributed by atoms with E-state index in [9.17, 15) is 0 Å². The molecule has 1 aromatic rings. The lowest BCUT2D eigenvalue weighted by Gasteiger charge is -2.28. The Kier molecular flexibility index (Phi) is 5.06. The molecule has 1 atom stereocenters. The van der Waals surface area contributed by atoms with Crippen LogP contribution in [0.2, 0.25) is 0 Å². The van der Waals surface area contributed by atoms with Crippen LogP contribution in [-0.2, 0) is 0 Å². The molecular formula is C13H21ClN2O. The second kappa shape index (κ2) is 6.10. The van der Waals surface area contributed by atoms with Crippen LogP contribution in [-0.4, -0.2) is 22.5 Å². The second-order valence-electron chi connectivity index (χ2n) is 4.69. The zero-order chi connectivity index (χ0) is 12.9. The molecule has 0 aromatic carbocycles. The quantitative estimate of drug-likeness (QED) is 0.789. The minimum absolute atomic E-state index is 0.128. The standard InChI is InChI=1S/C13H21ClN2O/c1-5-13(4,9-14)16-12-11(17-10(2)3)7-6-8-15-12/h6-8,10H,5,9H2,1-4H3,(H,15,16). The summed E-state index contributed by atoms with van der Waals surface area (Å²) < 4.78 is 5.71. The molecule has 3 nitrogen and oxygen atoms in total. The van der Waals surface area contributed by atoms with E-state index in [0.717, 1.165) is 18.0 Å². The van der Waals surface area contributed by atoms with E-state index < -0.39 is 0 Å². The molecule has 0 aliphatic rings. The van der Waals surface area contributed by atoms with Crippen molar-refractivity contribution >= 4 is 17.4 Å². The van der Waals surface area contributed by atoms with Crippen molar-refractivity contribution in [2.24, 2.45) is 0 Å². The highest BCUT2D eigenvalue weighted by atomic mass is 35.5. The highest BCUT2D eigenvalue weighted by Crippen LogP contribution is 2.27. The van der Waals surface area contributed by atoms with Gasteiger partial charge in [-0.15, -0.1) is 11.6 Å². The van der Waals surface area contributed by atoms with Crippen molar-refractivity contribution in [1.29, 1.82) is 0 Å². The fraction of sp³-hybridized carbons (Fsp3) is 0.615. The number of halogens is 1. The highest BCUT2D eigenvalue weighted by molar-refractivity contribution is 6.18. The van der Waals surface area contributed by atoms with Crippen LogP contribution in [0, 0.1) is 0 Å². The first-order chi connectivity index (χ1) is 8.00. The van der Waals surface area contributed by atoms with Gasteiger partial charge in [0.2, 0.25) is 0 Å². The minimum atomic E-state index is -0.162. The molecule has 96 valence electrons. The molecule has 1 aromatic heterocycles. The van der Waals surface area contributed by atoms with Crippen molar-refractivity contribution in [3.05, 3.63) is 18.3 Å². The largest absolute Gasteiger partial charge is 0.487 e. The smallest absolute Gasteiger partial charge is 0.169 e. The minimum Gasteiger partial charge on any atom is -0.487 e. The van der Waals surface area contributed by atoms with Gasteiger partial charge in [0, 0.05) is 17.6 Å². The average molecular weight is 257 g/mol. The van der Waals surface area contributed by atoms with Crippen molar-refractivity contribution < 1.29 is 4.74 Å². The number of ether oxygens (including phenoxy) is 1. The molecule has 1 rings (SSSR count). The number of nitrogens with one attached hydrogen (secondary N) is 1. The van der Waals surface area contributed by atoms with E-state index in [-0.39, 0.29) is 11.6 Å². The van der Waals surface area contributed by atoms with Gasteiger partial charge >= 0.3 is 0 Å². The molecule has 0 aliphatic carbocycles. The zero-order valence-corrected chi connectivity index (χ0v) is 11.7. The van der Waals surface area contributed by atoms with Gasteiger partial charge in [-0.25, -0.2) is 4.98 Å². The Labute approximate surface area is 109 Å². The van der Waals surface area contributed by atoms with Crippen molar-refractivity contribution in [1.82, 2.24) is 4.98 Å². The first-order valence-corrected chi connectivity index (χ1v) is 6.50. The summed E-state index contributed by atoms with van der Waals surface area (Å²) in [6.07, 6.45) is 2.80. The fourth-order valence-corrected chi connectivity index (χ4v) is 1.59. The molecule has 0 fully saturated rings. The normalized spacial score (nSPS) is 14.5. The number of pyridine rings is 1. The van der Waals surface area contributed by atoms with Crippen LogP contribution < -0.4 is 10.1 Å². The molecule has 0 spiro atoms. The molecule has 1 unspecified atom stereocenters. The Balaban J connectivity index is 2.89. The van der Waals surface area contributed by atoms with E-state index in [0.29, 0.717) is 5.88 Å². The number of alkyl halides is 1. The van der Waals surface area contributed by atoms with Crippen LogP contribution in [0.15, 0.2) is 18.3 Å². The van der Waals surface area contributed by atoms with Crippen LogP contribution in [0.1, 0.15) is 34.1 Å². The second-order valence-corrected chi connectivity index (χ2v) is 4.96. The van der Waals surface area contributed by atoms with Crippen molar-refractivity contribution in [3.63, 3.8) is 0 Å². The van der Waals surface area contributed by atoms with E-state index in [1.165, 1.54) is 0 Å². The van der Waals surface area contributed by atoms with Crippen LogP contribution in [0.25, 0.3) is 0 Å². The number of hydrogen-bond donors (Lipinski definition) is 1. The summed E-state index contributed by atoms with van der Waals surface area (Å²) in [5, 5.41) is 3.36. The van der Waals surface area contributed by atoms with Crippen molar-refractivity contribution in [2.45, 2.75) is 45.8 Å². The number of anilines is 1. The van der Waals surface area contributed by atoms with E-state index in [1.807, 2.05) is 26.0 Å². The summed E-state index contributed by atoms with van der Waals surface area (Å²) in [5.74, 6) is 2.06. The molecule has 1 heterocycles. The van der Waals surface area contributed by atoms with Gasteiger partial charge in [0.25, 0.3) is 0 Å². The molecule has 0 radical (unpaired) electrons. The molecule has 17 heavy (non-hydrogen) atoms. The Morgan fingerprint density at radius 1 is 1.53 bits per heavy atom. The van der Waals surface area contributed by atoms with Gasteiger partial charge in [0.15, 0.2) is 11.6 Å². The van der Waals surface area contributed by atoms with Crippen molar-refractivity contribution in [3.8, 4) is 5.75 Å². The summed E-state index contributed by atoms with van der Waals surface area (Å²) >= 11 is 5.99. The van der Waals surface area contributed by atoms with Gasteiger partial charge in [0.1, 0.15) is 0 Å². The topological polar surface area (TPSA) is 34.2 Å². The number of hydrogen-bond acceptors (Lipinski definition) is 3. The lowest BCUT2D eigenvalue weighted by Crippen LogP contribution is -2.36. The lowest BCUT2D eigenvalue weighted by molar-refractivity contribution is 0.242. The Morgan fingerprint density at radius 2 is 2.24 bits per heavy atom. The van der Waals surface area contributed by atoms with Gasteiger partial charge in [0.05, 0.1) is 6.10 Å². The number of aromatic nitrogens is 1. The maximum atomic E-state index is 5.99. The fourth-order valence-electron chi connectivity index (χ4n) is 1.34. The lowest BCUT2D eigenvalue weighted by atomic mass is 10.0. The van der Waals surface area contributed by atoms with E-state index in [2.05, 4.69) is 24.1 Å². The number of rotatable bonds is 6. The average Bonchev–Trinajstić information content (AvgIpc) is 2.31. The summed E-state index contributed by atoms with van der Waals surface area (Å²) in [7, 11) is 0. The van der Waals surface area contributed by atoms with Crippen LogP contribution >= 0.6 is 11.6 Å². The maximum Gasteiger partial charge on any atom is 0.169 e. The van der Waals surface area contributed by atoms with Gasteiger partial charge in [-0.05, 0) is 39.3 Å². The Bertz CT molecular complexity index is 351. The number of nitrogens with zero attached hydrogens (tertiary/aromatic N) is 1. The summed E-state index contributed by atoms with van der Waals surface area (Å²) in [6.45, 7) is 8.17. The zero-order valence-electron chi connectivity index (χ0n) is 11.0. The summed E-state index contributed by atoms with van der Waals surface area (Å²) in [5.41, 5.74) is -0.162. The third-order valence-corrected chi connectivity index (χ3v) is 3.22. The van der Waals surface area contributed by atoms with Crippen molar-refractivity contribution in [2.75, 3.05) is 11.2 Å². The van der Waals surface area contributed by atoms with Gasteiger partial charge < -0.3 is 10.1 Å². The van der Waals surface area contributed by atoms with E-state index >= 15 is 0 Å². The maximum absolute atomic E-state index is 5.99. The van der Waals surface area contributed by atoms with E-state index in [4.69, 9.17) is 16.3 Å². The summed E-state index contributed by atoms with van der Waals surface area (Å²) in [6, 6.07) is 3.78. The Morgan fingerprint density at radius 3 is 2.76 bits per heavy atom. The third-order valence-electron chi connectivity index (χ3n) is 2.63. The predicted molar refractivity (Wildman–Crippen MR) is 73.0 cm³/mol. The monoisotopic (exact) mass is 256 g/mol. The van der Waals surface area contributed by atoms with Gasteiger partial charge in [-0.1, -0.05) is 6.92 Å². The third kappa shape index (κ3) is 4.08. The molecule has 0 saturated heterocycles. The molecule has 0 aliphatic heterocycles. The molecule has 0 bridgehead atoms. The first kappa shape index (κ1) is 14.1.